The molecule has 0 bridgehead atoms. The predicted octanol–water partition coefficient (Wildman–Crippen LogP) is 1.45. The minimum atomic E-state index is -2.71. The van der Waals surface area contributed by atoms with Gasteiger partial charge in [-0.1, -0.05) is 13.8 Å². The summed E-state index contributed by atoms with van der Waals surface area (Å²) in [6.07, 6.45) is 1.99. The lowest BCUT2D eigenvalue weighted by Crippen LogP contribution is -2.32. The van der Waals surface area contributed by atoms with Gasteiger partial charge >= 0.3 is 0 Å². The lowest BCUT2D eigenvalue weighted by Gasteiger charge is -2.18. The first-order valence-electron chi connectivity index (χ1n) is 5.83. The Morgan fingerprint density at radius 3 is 2.47 bits per heavy atom. The number of hydrogen-bond acceptors (Lipinski definition) is 3. The highest BCUT2D eigenvalue weighted by Crippen LogP contribution is 2.17. The smallest absolute Gasteiger partial charge is 0.150 e. The molecule has 0 aromatic heterocycles. The van der Waals surface area contributed by atoms with Gasteiger partial charge < -0.3 is 5.32 Å². The largest absolute Gasteiger partial charge is 0.314 e. The summed E-state index contributed by atoms with van der Waals surface area (Å²) in [4.78, 5) is 0. The Labute approximate surface area is 93.6 Å². The Morgan fingerprint density at radius 2 is 2.00 bits per heavy atom. The maximum atomic E-state index is 11.2. The van der Waals surface area contributed by atoms with E-state index in [1.54, 1.807) is 0 Å². The zero-order valence-electron chi connectivity index (χ0n) is 9.99. The molecule has 1 fully saturated rings. The van der Waals surface area contributed by atoms with E-state index < -0.39 is 9.84 Å². The van der Waals surface area contributed by atoms with Crippen LogP contribution < -0.4 is 5.32 Å². The van der Waals surface area contributed by atoms with Crippen LogP contribution in [0.1, 0.15) is 33.6 Å². The van der Waals surface area contributed by atoms with Crippen LogP contribution in [0.3, 0.4) is 0 Å². The summed E-state index contributed by atoms with van der Waals surface area (Å²) >= 11 is 0. The second-order valence-corrected chi connectivity index (χ2v) is 7.44. The van der Waals surface area contributed by atoms with Crippen molar-refractivity contribution in [1.29, 1.82) is 0 Å². The average Bonchev–Trinajstić information content (AvgIpc) is 2.41. The van der Waals surface area contributed by atoms with Gasteiger partial charge in [0, 0.05) is 6.04 Å². The van der Waals surface area contributed by atoms with Crippen LogP contribution in [-0.4, -0.2) is 32.5 Å². The summed E-state index contributed by atoms with van der Waals surface area (Å²) in [6, 6.07) is 0.494. The molecule has 0 spiro atoms. The first-order valence-corrected chi connectivity index (χ1v) is 7.65. The molecule has 0 radical (unpaired) electrons. The van der Waals surface area contributed by atoms with Crippen molar-refractivity contribution in [2.75, 3.05) is 18.1 Å². The molecule has 0 aliphatic carbocycles. The van der Waals surface area contributed by atoms with Crippen molar-refractivity contribution in [2.24, 2.45) is 11.8 Å². The Morgan fingerprint density at radius 1 is 1.33 bits per heavy atom. The Balaban J connectivity index is 2.21. The summed E-state index contributed by atoms with van der Waals surface area (Å²) in [7, 11) is -2.71. The fourth-order valence-corrected chi connectivity index (χ4v) is 4.05. The Bertz CT molecular complexity index is 285. The van der Waals surface area contributed by atoms with Gasteiger partial charge in [-0.25, -0.2) is 8.42 Å². The van der Waals surface area contributed by atoms with E-state index in [2.05, 4.69) is 26.1 Å². The third-order valence-corrected chi connectivity index (χ3v) is 4.74. The van der Waals surface area contributed by atoms with Gasteiger partial charge in [-0.15, -0.1) is 0 Å². The van der Waals surface area contributed by atoms with E-state index in [9.17, 15) is 8.42 Å². The van der Waals surface area contributed by atoms with Crippen molar-refractivity contribution >= 4 is 9.84 Å². The molecular weight excluding hydrogens is 210 g/mol. The van der Waals surface area contributed by atoms with Crippen LogP contribution in [-0.2, 0) is 9.84 Å². The molecule has 0 saturated carbocycles. The Hall–Kier alpha value is -0.0900. The molecule has 1 rings (SSSR count). The molecular formula is C11H23NO2S. The quantitative estimate of drug-likeness (QED) is 0.781. The van der Waals surface area contributed by atoms with Gasteiger partial charge in [-0.3, -0.25) is 0 Å². The van der Waals surface area contributed by atoms with Crippen LogP contribution in [0.25, 0.3) is 0 Å². The first-order chi connectivity index (χ1) is 6.89. The van der Waals surface area contributed by atoms with Crippen molar-refractivity contribution < 1.29 is 8.42 Å². The topological polar surface area (TPSA) is 46.2 Å². The molecule has 1 heterocycles. The minimum Gasteiger partial charge on any atom is -0.314 e. The number of rotatable bonds is 5. The SMILES string of the molecule is CC(C)CC(C)NCC1CCS(=O)(=O)C1. The fourth-order valence-electron chi connectivity index (χ4n) is 2.19. The zero-order chi connectivity index (χ0) is 11.5. The molecule has 2 unspecified atom stereocenters. The van der Waals surface area contributed by atoms with Crippen molar-refractivity contribution in [3.05, 3.63) is 0 Å². The van der Waals surface area contributed by atoms with E-state index in [1.165, 1.54) is 0 Å². The fraction of sp³-hybridized carbons (Fsp3) is 1.00. The van der Waals surface area contributed by atoms with E-state index in [0.717, 1.165) is 19.4 Å². The van der Waals surface area contributed by atoms with Gasteiger partial charge in [0.1, 0.15) is 0 Å². The molecule has 0 aromatic rings. The van der Waals surface area contributed by atoms with Crippen LogP contribution in [0.4, 0.5) is 0 Å². The van der Waals surface area contributed by atoms with E-state index in [1.807, 2.05) is 0 Å². The summed E-state index contributed by atoms with van der Waals surface area (Å²) in [5, 5.41) is 3.43. The minimum absolute atomic E-state index is 0.338. The molecule has 0 aromatic carbocycles. The molecule has 3 nitrogen and oxygen atoms in total. The molecule has 0 amide bonds. The predicted molar refractivity (Wildman–Crippen MR) is 63.7 cm³/mol. The molecule has 1 aliphatic heterocycles. The number of hydrogen-bond donors (Lipinski definition) is 1. The van der Waals surface area contributed by atoms with Crippen molar-refractivity contribution in [1.82, 2.24) is 5.32 Å². The summed E-state index contributed by atoms with van der Waals surface area (Å²) < 4.78 is 22.5. The van der Waals surface area contributed by atoms with Gasteiger partial charge in [0.15, 0.2) is 9.84 Å². The zero-order valence-corrected chi connectivity index (χ0v) is 10.8. The van der Waals surface area contributed by atoms with Gasteiger partial charge in [0.25, 0.3) is 0 Å². The van der Waals surface area contributed by atoms with E-state index >= 15 is 0 Å². The second-order valence-electron chi connectivity index (χ2n) is 5.21. The molecule has 1 saturated heterocycles. The van der Waals surface area contributed by atoms with Crippen LogP contribution >= 0.6 is 0 Å². The van der Waals surface area contributed by atoms with Crippen LogP contribution in [0, 0.1) is 11.8 Å². The maximum Gasteiger partial charge on any atom is 0.150 e. The molecule has 2 atom stereocenters. The highest BCUT2D eigenvalue weighted by molar-refractivity contribution is 7.91. The lowest BCUT2D eigenvalue weighted by atomic mass is 10.0. The monoisotopic (exact) mass is 233 g/mol. The number of sulfone groups is 1. The molecule has 1 aliphatic rings. The third-order valence-electron chi connectivity index (χ3n) is 2.91. The van der Waals surface area contributed by atoms with Crippen molar-refractivity contribution in [2.45, 2.75) is 39.7 Å². The van der Waals surface area contributed by atoms with E-state index in [0.29, 0.717) is 29.4 Å². The lowest BCUT2D eigenvalue weighted by molar-refractivity contribution is 0.409. The third kappa shape index (κ3) is 4.98. The van der Waals surface area contributed by atoms with Gasteiger partial charge in [-0.2, -0.15) is 0 Å². The summed E-state index contributed by atoms with van der Waals surface area (Å²) in [6.45, 7) is 7.44. The standard InChI is InChI=1S/C11H23NO2S/c1-9(2)6-10(3)12-7-11-4-5-15(13,14)8-11/h9-12H,4-8H2,1-3H3. The molecule has 1 N–H and O–H groups in total. The molecule has 15 heavy (non-hydrogen) atoms. The maximum absolute atomic E-state index is 11.2. The molecule has 90 valence electrons. The first kappa shape index (κ1) is 13.0. The van der Waals surface area contributed by atoms with Crippen molar-refractivity contribution in [3.63, 3.8) is 0 Å². The van der Waals surface area contributed by atoms with Gasteiger partial charge in [0.2, 0.25) is 0 Å². The van der Waals surface area contributed by atoms with Crippen LogP contribution in [0.15, 0.2) is 0 Å². The van der Waals surface area contributed by atoms with E-state index in [-0.39, 0.29) is 0 Å². The normalized spacial score (nSPS) is 27.1. The van der Waals surface area contributed by atoms with Crippen LogP contribution in [0.2, 0.25) is 0 Å². The molecule has 4 heteroatoms. The summed E-state index contributed by atoms with van der Waals surface area (Å²) in [5.41, 5.74) is 0. The average molecular weight is 233 g/mol. The van der Waals surface area contributed by atoms with Gasteiger partial charge in [-0.05, 0) is 38.1 Å². The highest BCUT2D eigenvalue weighted by atomic mass is 32.2. The van der Waals surface area contributed by atoms with Crippen molar-refractivity contribution in [3.8, 4) is 0 Å². The summed E-state index contributed by atoms with van der Waals surface area (Å²) in [5.74, 6) is 1.80. The second kappa shape index (κ2) is 5.30. The van der Waals surface area contributed by atoms with E-state index in [4.69, 9.17) is 0 Å². The van der Waals surface area contributed by atoms with Crippen LogP contribution in [0.5, 0.6) is 0 Å². The van der Waals surface area contributed by atoms with Gasteiger partial charge in [0.05, 0.1) is 11.5 Å². The number of nitrogens with one attached hydrogen (secondary N) is 1. The highest BCUT2D eigenvalue weighted by Gasteiger charge is 2.27. The Kier molecular flexibility index (Phi) is 4.59.